The Morgan fingerprint density at radius 2 is 1.81 bits per heavy atom. The van der Waals surface area contributed by atoms with Crippen LogP contribution in [0.25, 0.3) is 5.57 Å². The van der Waals surface area contributed by atoms with E-state index >= 15 is 0 Å². The molecule has 0 aliphatic heterocycles. The minimum absolute atomic E-state index is 0.128. The zero-order valence-corrected chi connectivity index (χ0v) is 19.5. The first-order valence-electron chi connectivity index (χ1n) is 11.1. The van der Waals surface area contributed by atoms with Crippen LogP contribution in [0.15, 0.2) is 36.9 Å². The number of thiophene rings is 1. The maximum Gasteiger partial charge on any atom is 0.217 e. The molecule has 1 fully saturated rings. The number of benzene rings is 1. The van der Waals surface area contributed by atoms with Gasteiger partial charge >= 0.3 is 0 Å². The average Bonchev–Trinajstić information content (AvgIpc) is 3.22. The number of carbonyl (C=O) groups excluding carboxylic acids is 1. The van der Waals surface area contributed by atoms with Gasteiger partial charge in [-0.05, 0) is 61.6 Å². The van der Waals surface area contributed by atoms with Crippen LogP contribution in [0.3, 0.4) is 0 Å². The van der Waals surface area contributed by atoms with Crippen LogP contribution in [0.4, 0.5) is 8.78 Å². The predicted molar refractivity (Wildman–Crippen MR) is 125 cm³/mol. The van der Waals surface area contributed by atoms with Crippen LogP contribution in [0, 0.1) is 11.6 Å². The molecule has 0 bridgehead atoms. The molecule has 1 aromatic carbocycles. The second kappa shape index (κ2) is 10.7. The molecule has 3 rings (SSSR count). The first-order chi connectivity index (χ1) is 15.2. The van der Waals surface area contributed by atoms with Crippen molar-refractivity contribution in [3.8, 4) is 0 Å². The Labute approximate surface area is 192 Å². The molecule has 0 radical (unpaired) electrons. The zero-order valence-electron chi connectivity index (χ0n) is 18.7. The molecular formula is C25H32F2N2O2S. The number of allylic oxidation sites excluding steroid dienone is 1. The number of aliphatic hydroxyl groups excluding tert-OH is 1. The number of nitrogens with one attached hydrogen (secondary N) is 2. The minimum atomic E-state index is -0.926. The lowest BCUT2D eigenvalue weighted by molar-refractivity contribution is -0.120. The summed E-state index contributed by atoms with van der Waals surface area (Å²) in [6, 6.07) is 6.82. The van der Waals surface area contributed by atoms with Gasteiger partial charge in [0.25, 0.3) is 0 Å². The third-order valence-electron chi connectivity index (χ3n) is 6.09. The van der Waals surface area contributed by atoms with Crippen LogP contribution < -0.4 is 10.6 Å². The molecule has 32 heavy (non-hydrogen) atoms. The third-order valence-corrected chi connectivity index (χ3v) is 7.54. The van der Waals surface area contributed by atoms with Gasteiger partial charge in [0.1, 0.15) is 11.6 Å². The number of amides is 1. The first-order valence-corrected chi connectivity index (χ1v) is 11.9. The van der Waals surface area contributed by atoms with E-state index in [1.165, 1.54) is 30.4 Å². The normalized spacial score (nSPS) is 17.5. The fraction of sp³-hybridized carbons (Fsp3) is 0.480. The molecule has 1 saturated carbocycles. The summed E-state index contributed by atoms with van der Waals surface area (Å²) in [5, 5.41) is 17.3. The Hall–Kier alpha value is -2.09. The van der Waals surface area contributed by atoms with Crippen LogP contribution in [0.2, 0.25) is 0 Å². The number of carbonyl (C=O) groups is 1. The summed E-state index contributed by atoms with van der Waals surface area (Å²) in [4.78, 5) is 14.1. The van der Waals surface area contributed by atoms with Crippen molar-refractivity contribution in [3.05, 3.63) is 63.9 Å². The van der Waals surface area contributed by atoms with E-state index in [4.69, 9.17) is 0 Å². The van der Waals surface area contributed by atoms with E-state index < -0.39 is 23.8 Å². The van der Waals surface area contributed by atoms with Crippen molar-refractivity contribution in [1.29, 1.82) is 0 Å². The van der Waals surface area contributed by atoms with E-state index in [0.29, 0.717) is 5.56 Å². The lowest BCUT2D eigenvalue weighted by Gasteiger charge is -2.39. The zero-order chi connectivity index (χ0) is 23.3. The molecule has 174 valence electrons. The van der Waals surface area contributed by atoms with Gasteiger partial charge in [-0.2, -0.15) is 0 Å². The molecule has 1 aliphatic rings. The Morgan fingerprint density at radius 3 is 2.38 bits per heavy atom. The van der Waals surface area contributed by atoms with Gasteiger partial charge in [-0.3, -0.25) is 4.79 Å². The molecule has 0 spiro atoms. The summed E-state index contributed by atoms with van der Waals surface area (Å²) < 4.78 is 27.2. The van der Waals surface area contributed by atoms with E-state index in [2.05, 4.69) is 29.3 Å². The van der Waals surface area contributed by atoms with Gasteiger partial charge in [0.15, 0.2) is 0 Å². The van der Waals surface area contributed by atoms with Gasteiger partial charge in [-0.1, -0.05) is 25.8 Å². The van der Waals surface area contributed by atoms with Crippen molar-refractivity contribution in [2.45, 2.75) is 70.1 Å². The number of halogens is 2. The summed E-state index contributed by atoms with van der Waals surface area (Å²) >= 11 is 1.73. The molecule has 4 nitrogen and oxygen atoms in total. The first kappa shape index (κ1) is 24.6. The standard InChI is InChI=1S/C25H32F2N2O2S/c1-16(2)23-7-8-24(32-23)25(9-5-4-6-10-25)28-15-22(31)21(29-17(3)30)13-18-11-19(26)14-20(27)12-18/h7-8,11-12,14,21-22,28,31H,1,4-6,9-10,13,15H2,2-3H3,(H,29,30)/t21-,22+/m0/s1. The molecule has 1 heterocycles. The highest BCUT2D eigenvalue weighted by molar-refractivity contribution is 7.13. The molecule has 1 amide bonds. The summed E-state index contributed by atoms with van der Waals surface area (Å²) in [6.45, 7) is 7.65. The highest BCUT2D eigenvalue weighted by atomic mass is 32.1. The molecule has 2 atom stereocenters. The molecule has 7 heteroatoms. The van der Waals surface area contributed by atoms with Crippen molar-refractivity contribution < 1.29 is 18.7 Å². The number of aliphatic hydroxyl groups is 1. The lowest BCUT2D eigenvalue weighted by atomic mass is 9.80. The van der Waals surface area contributed by atoms with Gasteiger partial charge in [0, 0.05) is 29.3 Å². The van der Waals surface area contributed by atoms with Crippen molar-refractivity contribution in [3.63, 3.8) is 0 Å². The van der Waals surface area contributed by atoms with Crippen LogP contribution in [-0.4, -0.2) is 29.7 Å². The van der Waals surface area contributed by atoms with Crippen molar-refractivity contribution in [2.24, 2.45) is 0 Å². The number of hydrogen-bond donors (Lipinski definition) is 3. The van der Waals surface area contributed by atoms with Crippen molar-refractivity contribution >= 4 is 22.8 Å². The molecular weight excluding hydrogens is 430 g/mol. The van der Waals surface area contributed by atoms with E-state index in [0.717, 1.165) is 42.2 Å². The van der Waals surface area contributed by atoms with Crippen molar-refractivity contribution in [2.75, 3.05) is 6.54 Å². The molecule has 0 unspecified atom stereocenters. The van der Waals surface area contributed by atoms with Gasteiger partial charge in [-0.25, -0.2) is 8.78 Å². The number of rotatable bonds is 9. The quantitative estimate of drug-likeness (QED) is 0.496. The monoisotopic (exact) mass is 462 g/mol. The highest BCUT2D eigenvalue weighted by Crippen LogP contribution is 2.41. The Kier molecular flexibility index (Phi) is 8.20. The summed E-state index contributed by atoms with van der Waals surface area (Å²) in [5.41, 5.74) is 1.18. The topological polar surface area (TPSA) is 61.4 Å². The van der Waals surface area contributed by atoms with Gasteiger partial charge in [0.05, 0.1) is 17.7 Å². The van der Waals surface area contributed by atoms with Crippen LogP contribution in [-0.2, 0) is 16.8 Å². The number of hydrogen-bond acceptors (Lipinski definition) is 4. The highest BCUT2D eigenvalue weighted by Gasteiger charge is 2.36. The van der Waals surface area contributed by atoms with Gasteiger partial charge in [0.2, 0.25) is 5.91 Å². The van der Waals surface area contributed by atoms with Gasteiger partial charge in [-0.15, -0.1) is 11.3 Å². The SMILES string of the molecule is C=C(C)c1ccc(C2(NC[C@@H](O)[C@H](Cc3cc(F)cc(F)c3)NC(C)=O)CCCCC2)s1. The molecule has 1 aliphatic carbocycles. The maximum absolute atomic E-state index is 13.6. The fourth-order valence-corrected chi connectivity index (χ4v) is 5.61. The lowest BCUT2D eigenvalue weighted by Crippen LogP contribution is -2.52. The van der Waals surface area contributed by atoms with E-state index in [-0.39, 0.29) is 24.4 Å². The second-order valence-corrected chi connectivity index (χ2v) is 9.91. The molecule has 3 N–H and O–H groups in total. The molecule has 1 aromatic heterocycles. The largest absolute Gasteiger partial charge is 0.390 e. The average molecular weight is 463 g/mol. The Morgan fingerprint density at radius 1 is 1.16 bits per heavy atom. The van der Waals surface area contributed by atoms with Gasteiger partial charge < -0.3 is 15.7 Å². The third kappa shape index (κ3) is 6.24. The Balaban J connectivity index is 1.76. The maximum atomic E-state index is 13.6. The predicted octanol–water partition coefficient (Wildman–Crippen LogP) is 4.92. The van der Waals surface area contributed by atoms with E-state index in [9.17, 15) is 18.7 Å². The summed E-state index contributed by atoms with van der Waals surface area (Å²) in [7, 11) is 0. The van der Waals surface area contributed by atoms with Crippen LogP contribution in [0.5, 0.6) is 0 Å². The Bertz CT molecular complexity index is 933. The van der Waals surface area contributed by atoms with Crippen LogP contribution >= 0.6 is 11.3 Å². The van der Waals surface area contributed by atoms with Crippen LogP contribution in [0.1, 0.15) is 61.3 Å². The summed E-state index contributed by atoms with van der Waals surface area (Å²) in [5.74, 6) is -1.66. The fourth-order valence-electron chi connectivity index (χ4n) is 4.46. The molecule has 0 saturated heterocycles. The summed E-state index contributed by atoms with van der Waals surface area (Å²) in [6.07, 6.45) is 4.52. The van der Waals surface area contributed by atoms with Crippen molar-refractivity contribution in [1.82, 2.24) is 10.6 Å². The minimum Gasteiger partial charge on any atom is -0.390 e. The second-order valence-electron chi connectivity index (χ2n) is 8.82. The smallest absolute Gasteiger partial charge is 0.217 e. The van der Waals surface area contributed by atoms with E-state index in [1.807, 2.05) is 6.92 Å². The molecule has 2 aromatic rings. The van der Waals surface area contributed by atoms with E-state index in [1.54, 1.807) is 11.3 Å².